The number of carbonyl (C=O) groups excluding carboxylic acids is 1. The number of benzene rings is 1. The maximum Gasteiger partial charge on any atom is 0.337 e. The molecule has 2 bridgehead atoms. The number of rotatable bonds is 5. The van der Waals surface area contributed by atoms with Crippen molar-refractivity contribution < 1.29 is 9.53 Å². The third-order valence-corrected chi connectivity index (χ3v) is 5.82. The van der Waals surface area contributed by atoms with Gasteiger partial charge in [-0.1, -0.05) is 19.4 Å². The second-order valence-electron chi connectivity index (χ2n) is 7.01. The average Bonchev–Trinajstić information content (AvgIpc) is 2.66. The second-order valence-corrected chi connectivity index (χ2v) is 7.42. The lowest BCUT2D eigenvalue weighted by atomic mass is 9.74. The SMILES string of the molecule is CCC1CN2CCC1CC2CNC(=S)Nc1cccc(C(=O)OC)c1. The molecule has 4 atom stereocenters. The highest BCUT2D eigenvalue weighted by atomic mass is 32.1. The van der Waals surface area contributed by atoms with E-state index in [-0.39, 0.29) is 5.97 Å². The first kappa shape index (κ1) is 18.1. The number of carbonyl (C=O) groups is 1. The molecule has 0 amide bonds. The Bertz CT molecular complexity index is 637. The van der Waals surface area contributed by atoms with E-state index in [9.17, 15) is 4.79 Å². The normalized spacial score (nSPS) is 27.6. The fraction of sp³-hybridized carbons (Fsp3) is 0.579. The van der Waals surface area contributed by atoms with Crippen LogP contribution in [0.1, 0.15) is 36.5 Å². The van der Waals surface area contributed by atoms with Crippen molar-refractivity contribution >= 4 is 29.0 Å². The zero-order valence-corrected chi connectivity index (χ0v) is 15.8. The minimum absolute atomic E-state index is 0.348. The maximum atomic E-state index is 11.6. The number of methoxy groups -OCH3 is 1. The molecular weight excluding hydrogens is 334 g/mol. The minimum atomic E-state index is -0.348. The predicted octanol–water partition coefficient (Wildman–Crippen LogP) is 2.88. The summed E-state index contributed by atoms with van der Waals surface area (Å²) in [6.07, 6.45) is 3.90. The lowest BCUT2D eigenvalue weighted by molar-refractivity contribution is 0.00212. The summed E-state index contributed by atoms with van der Waals surface area (Å²) in [6, 6.07) is 7.75. The molecule has 3 heterocycles. The molecule has 136 valence electrons. The summed E-state index contributed by atoms with van der Waals surface area (Å²) in [5, 5.41) is 7.10. The summed E-state index contributed by atoms with van der Waals surface area (Å²) in [6.45, 7) is 5.63. The third-order valence-electron chi connectivity index (χ3n) is 5.58. The average molecular weight is 362 g/mol. The van der Waals surface area contributed by atoms with E-state index < -0.39 is 0 Å². The van der Waals surface area contributed by atoms with Crippen molar-refractivity contribution in [2.75, 3.05) is 32.1 Å². The Kier molecular flexibility index (Phi) is 5.91. The highest BCUT2D eigenvalue weighted by Gasteiger charge is 2.38. The molecule has 2 N–H and O–H groups in total. The highest BCUT2D eigenvalue weighted by Crippen LogP contribution is 2.37. The molecule has 1 aromatic rings. The Morgan fingerprint density at radius 3 is 2.96 bits per heavy atom. The molecule has 0 aliphatic carbocycles. The van der Waals surface area contributed by atoms with Crippen LogP contribution in [0.2, 0.25) is 0 Å². The van der Waals surface area contributed by atoms with Gasteiger partial charge in [-0.3, -0.25) is 4.90 Å². The molecule has 25 heavy (non-hydrogen) atoms. The Balaban J connectivity index is 1.50. The molecule has 4 unspecified atom stereocenters. The number of anilines is 1. The Hall–Kier alpha value is -1.66. The largest absolute Gasteiger partial charge is 0.465 e. The van der Waals surface area contributed by atoms with Gasteiger partial charge in [-0.2, -0.15) is 0 Å². The van der Waals surface area contributed by atoms with Gasteiger partial charge in [0, 0.05) is 24.8 Å². The van der Waals surface area contributed by atoms with Crippen molar-refractivity contribution in [1.29, 1.82) is 0 Å². The lowest BCUT2D eigenvalue weighted by Crippen LogP contribution is -2.56. The van der Waals surface area contributed by atoms with Gasteiger partial charge in [0.2, 0.25) is 0 Å². The first-order chi connectivity index (χ1) is 12.1. The zero-order valence-electron chi connectivity index (χ0n) is 15.0. The quantitative estimate of drug-likeness (QED) is 0.621. The lowest BCUT2D eigenvalue weighted by Gasteiger charge is -2.50. The van der Waals surface area contributed by atoms with E-state index >= 15 is 0 Å². The van der Waals surface area contributed by atoms with Crippen LogP contribution in [0.5, 0.6) is 0 Å². The Morgan fingerprint density at radius 2 is 2.28 bits per heavy atom. The van der Waals surface area contributed by atoms with Crippen molar-refractivity contribution in [3.63, 3.8) is 0 Å². The second kappa shape index (κ2) is 8.15. The number of nitrogens with zero attached hydrogens (tertiary/aromatic N) is 1. The molecule has 0 radical (unpaired) electrons. The summed E-state index contributed by atoms with van der Waals surface area (Å²) in [7, 11) is 1.38. The van der Waals surface area contributed by atoms with Crippen molar-refractivity contribution in [1.82, 2.24) is 10.2 Å². The van der Waals surface area contributed by atoms with Crippen LogP contribution in [-0.4, -0.2) is 48.8 Å². The molecule has 0 aromatic heterocycles. The summed E-state index contributed by atoms with van der Waals surface area (Å²) in [5.41, 5.74) is 1.30. The molecule has 5 nitrogen and oxygen atoms in total. The van der Waals surface area contributed by atoms with E-state index in [0.717, 1.165) is 24.1 Å². The number of nitrogens with one attached hydrogen (secondary N) is 2. The van der Waals surface area contributed by atoms with E-state index in [0.29, 0.717) is 16.7 Å². The molecule has 0 saturated carbocycles. The topological polar surface area (TPSA) is 53.6 Å². The number of ether oxygens (including phenoxy) is 1. The molecule has 3 fully saturated rings. The van der Waals surface area contributed by atoms with E-state index in [1.165, 1.54) is 39.5 Å². The molecular formula is C19H27N3O2S. The van der Waals surface area contributed by atoms with Crippen LogP contribution >= 0.6 is 12.2 Å². The Morgan fingerprint density at radius 1 is 1.44 bits per heavy atom. The fourth-order valence-corrected chi connectivity index (χ4v) is 4.35. The van der Waals surface area contributed by atoms with Gasteiger partial charge in [-0.15, -0.1) is 0 Å². The first-order valence-electron chi connectivity index (χ1n) is 9.08. The summed E-state index contributed by atoms with van der Waals surface area (Å²) < 4.78 is 4.75. The van der Waals surface area contributed by atoms with Crippen LogP contribution in [-0.2, 0) is 4.74 Å². The molecule has 4 rings (SSSR count). The summed E-state index contributed by atoms with van der Waals surface area (Å²) >= 11 is 5.42. The van der Waals surface area contributed by atoms with Gasteiger partial charge in [0.05, 0.1) is 12.7 Å². The van der Waals surface area contributed by atoms with Crippen LogP contribution in [0.25, 0.3) is 0 Å². The van der Waals surface area contributed by atoms with Gasteiger partial charge in [0.1, 0.15) is 0 Å². The Labute approximate surface area is 155 Å². The highest BCUT2D eigenvalue weighted by molar-refractivity contribution is 7.80. The van der Waals surface area contributed by atoms with Crippen LogP contribution in [0.15, 0.2) is 24.3 Å². The van der Waals surface area contributed by atoms with Crippen LogP contribution < -0.4 is 10.6 Å². The summed E-state index contributed by atoms with van der Waals surface area (Å²) in [4.78, 5) is 14.2. The van der Waals surface area contributed by atoms with Gasteiger partial charge in [-0.25, -0.2) is 4.79 Å². The smallest absolute Gasteiger partial charge is 0.337 e. The van der Waals surface area contributed by atoms with Gasteiger partial charge >= 0.3 is 5.97 Å². The van der Waals surface area contributed by atoms with Crippen LogP contribution in [0.3, 0.4) is 0 Å². The molecule has 3 aliphatic rings. The number of hydrogen-bond donors (Lipinski definition) is 2. The number of thiocarbonyl (C=S) groups is 1. The number of hydrogen-bond acceptors (Lipinski definition) is 4. The standard InChI is InChI=1S/C19H27N3O2S/c1-3-13-12-22-8-7-14(13)10-17(22)11-20-19(25)21-16-6-4-5-15(9-16)18(23)24-2/h4-6,9,13-14,17H,3,7-8,10-12H2,1-2H3,(H2,20,21,25). The summed E-state index contributed by atoms with van der Waals surface area (Å²) in [5.74, 6) is 1.40. The van der Waals surface area contributed by atoms with Gasteiger partial charge in [-0.05, 0) is 61.6 Å². The van der Waals surface area contributed by atoms with Crippen molar-refractivity contribution in [3.05, 3.63) is 29.8 Å². The molecule has 3 aliphatic heterocycles. The van der Waals surface area contributed by atoms with E-state index in [4.69, 9.17) is 17.0 Å². The van der Waals surface area contributed by atoms with Gasteiger partial charge in [0.25, 0.3) is 0 Å². The van der Waals surface area contributed by atoms with Gasteiger partial charge < -0.3 is 15.4 Å². The minimum Gasteiger partial charge on any atom is -0.465 e. The molecule has 6 heteroatoms. The molecule has 1 aromatic carbocycles. The number of piperidine rings is 3. The van der Waals surface area contributed by atoms with E-state index in [2.05, 4.69) is 22.5 Å². The molecule has 3 saturated heterocycles. The fourth-order valence-electron chi connectivity index (χ4n) is 4.15. The monoisotopic (exact) mass is 361 g/mol. The van der Waals surface area contributed by atoms with Crippen molar-refractivity contribution in [2.24, 2.45) is 11.8 Å². The third kappa shape index (κ3) is 4.30. The molecule has 0 spiro atoms. The maximum absolute atomic E-state index is 11.6. The number of fused-ring (bicyclic) bond motifs is 3. The van der Waals surface area contributed by atoms with E-state index in [1.807, 2.05) is 12.1 Å². The van der Waals surface area contributed by atoms with Crippen molar-refractivity contribution in [3.8, 4) is 0 Å². The van der Waals surface area contributed by atoms with Crippen molar-refractivity contribution in [2.45, 2.75) is 32.2 Å². The van der Waals surface area contributed by atoms with E-state index in [1.54, 1.807) is 12.1 Å². The number of esters is 1. The zero-order chi connectivity index (χ0) is 17.8. The van der Waals surface area contributed by atoms with Gasteiger partial charge in [0.15, 0.2) is 5.11 Å². The van der Waals surface area contributed by atoms with Crippen LogP contribution in [0.4, 0.5) is 5.69 Å². The van der Waals surface area contributed by atoms with Crippen LogP contribution in [0, 0.1) is 11.8 Å². The predicted molar refractivity (Wildman–Crippen MR) is 104 cm³/mol. The first-order valence-corrected chi connectivity index (χ1v) is 9.48.